The molecule has 1 amide bonds. The number of hydrogen-bond donors (Lipinski definition) is 1. The maximum Gasteiger partial charge on any atom is 0.271 e. The van der Waals surface area contributed by atoms with Crippen LogP contribution in [0.5, 0.6) is 0 Å². The third-order valence-corrected chi connectivity index (χ3v) is 3.22. The summed E-state index contributed by atoms with van der Waals surface area (Å²) in [5.74, 6) is -0.104. The molecule has 0 aliphatic heterocycles. The molecule has 0 fully saturated rings. The minimum Gasteiger partial charge on any atom is -0.348 e. The van der Waals surface area contributed by atoms with Gasteiger partial charge in [-0.25, -0.2) is 4.98 Å². The topological polar surface area (TPSA) is 42.0 Å². The van der Waals surface area contributed by atoms with E-state index in [2.05, 4.69) is 38.4 Å². The number of nitrogens with one attached hydrogen (secondary N) is 1. The van der Waals surface area contributed by atoms with Gasteiger partial charge in [-0.15, -0.1) is 0 Å². The molecule has 1 aromatic heterocycles. The van der Waals surface area contributed by atoms with Gasteiger partial charge < -0.3 is 5.32 Å². The number of pyridine rings is 1. The SMILES string of the molecule is O=C(NC1CC=CCC1)c1ncccc1Br. The van der Waals surface area contributed by atoms with E-state index in [9.17, 15) is 4.79 Å². The maximum atomic E-state index is 11.9. The van der Waals surface area contributed by atoms with Crippen LogP contribution < -0.4 is 5.32 Å². The number of nitrogens with zero attached hydrogens (tertiary/aromatic N) is 1. The van der Waals surface area contributed by atoms with E-state index in [1.54, 1.807) is 12.3 Å². The number of carbonyl (C=O) groups is 1. The summed E-state index contributed by atoms with van der Waals surface area (Å²) < 4.78 is 0.735. The van der Waals surface area contributed by atoms with Crippen molar-refractivity contribution in [1.29, 1.82) is 0 Å². The van der Waals surface area contributed by atoms with Gasteiger partial charge in [0.1, 0.15) is 5.69 Å². The van der Waals surface area contributed by atoms with Crippen molar-refractivity contribution in [1.82, 2.24) is 10.3 Å². The Labute approximate surface area is 103 Å². The van der Waals surface area contributed by atoms with Crippen molar-refractivity contribution in [2.75, 3.05) is 0 Å². The van der Waals surface area contributed by atoms with E-state index in [1.807, 2.05) is 6.07 Å². The van der Waals surface area contributed by atoms with Gasteiger partial charge in [0.05, 0.1) is 0 Å². The van der Waals surface area contributed by atoms with E-state index in [0.29, 0.717) is 5.69 Å². The Hall–Kier alpha value is -1.16. The molecule has 0 saturated heterocycles. The van der Waals surface area contributed by atoms with Crippen molar-refractivity contribution in [3.05, 3.63) is 40.6 Å². The van der Waals surface area contributed by atoms with Crippen LogP contribution >= 0.6 is 15.9 Å². The lowest BCUT2D eigenvalue weighted by Crippen LogP contribution is -2.35. The van der Waals surface area contributed by atoms with Crippen LogP contribution in [0.25, 0.3) is 0 Å². The zero-order valence-corrected chi connectivity index (χ0v) is 10.4. The van der Waals surface area contributed by atoms with Crippen LogP contribution in [-0.2, 0) is 0 Å². The predicted octanol–water partition coefficient (Wildman–Crippen LogP) is 2.68. The van der Waals surface area contributed by atoms with E-state index in [4.69, 9.17) is 0 Å². The second-order valence-electron chi connectivity index (χ2n) is 3.79. The summed E-state index contributed by atoms with van der Waals surface area (Å²) in [6, 6.07) is 3.86. The molecule has 4 heteroatoms. The molecular formula is C12H13BrN2O. The summed E-state index contributed by atoms with van der Waals surface area (Å²) in [5.41, 5.74) is 0.456. The van der Waals surface area contributed by atoms with Crippen molar-refractivity contribution in [2.45, 2.75) is 25.3 Å². The van der Waals surface area contributed by atoms with E-state index in [0.717, 1.165) is 23.7 Å². The first kappa shape index (κ1) is 11.3. The number of aromatic nitrogens is 1. The van der Waals surface area contributed by atoms with Crippen LogP contribution in [0.15, 0.2) is 35.0 Å². The molecule has 3 nitrogen and oxygen atoms in total. The van der Waals surface area contributed by atoms with Crippen LogP contribution in [0.1, 0.15) is 29.8 Å². The van der Waals surface area contributed by atoms with Gasteiger partial charge in [0, 0.05) is 16.7 Å². The van der Waals surface area contributed by atoms with Crippen molar-refractivity contribution in [3.8, 4) is 0 Å². The molecule has 0 radical (unpaired) electrons. The fourth-order valence-corrected chi connectivity index (χ4v) is 2.17. The largest absolute Gasteiger partial charge is 0.348 e. The lowest BCUT2D eigenvalue weighted by Gasteiger charge is -2.19. The Balaban J connectivity index is 2.03. The molecule has 0 aromatic carbocycles. The molecule has 0 spiro atoms. The molecule has 0 saturated carbocycles. The zero-order chi connectivity index (χ0) is 11.4. The smallest absolute Gasteiger partial charge is 0.271 e. The summed E-state index contributed by atoms with van der Waals surface area (Å²) in [4.78, 5) is 16.0. The van der Waals surface area contributed by atoms with E-state index < -0.39 is 0 Å². The molecule has 0 bridgehead atoms. The lowest BCUT2D eigenvalue weighted by atomic mass is 10.0. The summed E-state index contributed by atoms with van der Waals surface area (Å²) in [6.07, 6.45) is 8.85. The first-order chi connectivity index (χ1) is 7.77. The average molecular weight is 281 g/mol. The Morgan fingerprint density at radius 2 is 2.38 bits per heavy atom. The van der Waals surface area contributed by atoms with Crippen molar-refractivity contribution >= 4 is 21.8 Å². The highest BCUT2D eigenvalue weighted by Crippen LogP contribution is 2.15. The third-order valence-electron chi connectivity index (χ3n) is 2.58. The van der Waals surface area contributed by atoms with Gasteiger partial charge in [0.2, 0.25) is 0 Å². The van der Waals surface area contributed by atoms with Crippen LogP contribution in [0.2, 0.25) is 0 Å². The molecule has 1 aliphatic rings. The van der Waals surface area contributed by atoms with Crippen LogP contribution in [0, 0.1) is 0 Å². The fraction of sp³-hybridized carbons (Fsp3) is 0.333. The number of amides is 1. The zero-order valence-electron chi connectivity index (χ0n) is 8.82. The molecule has 1 unspecified atom stereocenters. The van der Waals surface area contributed by atoms with Crippen LogP contribution in [-0.4, -0.2) is 16.9 Å². The molecular weight excluding hydrogens is 268 g/mol. The Kier molecular flexibility index (Phi) is 3.72. The van der Waals surface area contributed by atoms with Gasteiger partial charge in [-0.3, -0.25) is 4.79 Å². The second-order valence-corrected chi connectivity index (χ2v) is 4.64. The first-order valence-electron chi connectivity index (χ1n) is 5.34. The van der Waals surface area contributed by atoms with Crippen molar-refractivity contribution in [3.63, 3.8) is 0 Å². The molecule has 16 heavy (non-hydrogen) atoms. The van der Waals surface area contributed by atoms with Gasteiger partial charge in [-0.2, -0.15) is 0 Å². The summed E-state index contributed by atoms with van der Waals surface area (Å²) in [5, 5.41) is 2.99. The van der Waals surface area contributed by atoms with Gasteiger partial charge >= 0.3 is 0 Å². The standard InChI is InChI=1S/C12H13BrN2O/c13-10-7-4-8-14-11(10)12(16)15-9-5-2-1-3-6-9/h1-2,4,7-9H,3,5-6H2,(H,15,16). The van der Waals surface area contributed by atoms with Crippen LogP contribution in [0.4, 0.5) is 0 Å². The Morgan fingerprint density at radius 1 is 1.50 bits per heavy atom. The highest BCUT2D eigenvalue weighted by atomic mass is 79.9. The summed E-state index contributed by atoms with van der Waals surface area (Å²) in [7, 11) is 0. The lowest BCUT2D eigenvalue weighted by molar-refractivity contribution is 0.0929. The normalized spacial score (nSPS) is 19.4. The average Bonchev–Trinajstić information content (AvgIpc) is 2.31. The van der Waals surface area contributed by atoms with E-state index >= 15 is 0 Å². The quantitative estimate of drug-likeness (QED) is 0.847. The minimum absolute atomic E-state index is 0.104. The molecule has 1 N–H and O–H groups in total. The van der Waals surface area contributed by atoms with E-state index in [1.165, 1.54) is 0 Å². The number of carbonyl (C=O) groups excluding carboxylic acids is 1. The molecule has 1 aliphatic carbocycles. The van der Waals surface area contributed by atoms with Crippen molar-refractivity contribution in [2.24, 2.45) is 0 Å². The number of hydrogen-bond acceptors (Lipinski definition) is 2. The summed E-state index contributed by atoms with van der Waals surface area (Å²) in [6.45, 7) is 0. The van der Waals surface area contributed by atoms with Gasteiger partial charge in [-0.1, -0.05) is 12.2 Å². The fourth-order valence-electron chi connectivity index (χ4n) is 1.73. The predicted molar refractivity (Wildman–Crippen MR) is 66.2 cm³/mol. The number of rotatable bonds is 2. The monoisotopic (exact) mass is 280 g/mol. The summed E-state index contributed by atoms with van der Waals surface area (Å²) >= 11 is 3.32. The molecule has 84 valence electrons. The van der Waals surface area contributed by atoms with Gasteiger partial charge in [-0.05, 0) is 47.3 Å². The maximum absolute atomic E-state index is 11.9. The second kappa shape index (κ2) is 5.25. The third kappa shape index (κ3) is 2.70. The Morgan fingerprint density at radius 3 is 3.06 bits per heavy atom. The van der Waals surface area contributed by atoms with Gasteiger partial charge in [0.15, 0.2) is 0 Å². The highest BCUT2D eigenvalue weighted by Gasteiger charge is 2.16. The van der Waals surface area contributed by atoms with Crippen molar-refractivity contribution < 1.29 is 4.79 Å². The molecule has 1 heterocycles. The Bertz CT molecular complexity index is 417. The first-order valence-corrected chi connectivity index (χ1v) is 6.13. The van der Waals surface area contributed by atoms with Crippen LogP contribution in [0.3, 0.4) is 0 Å². The molecule has 1 aromatic rings. The number of allylic oxidation sites excluding steroid dienone is 1. The molecule has 2 rings (SSSR count). The number of halogens is 1. The minimum atomic E-state index is -0.104. The highest BCUT2D eigenvalue weighted by molar-refractivity contribution is 9.10. The molecule has 1 atom stereocenters. The van der Waals surface area contributed by atoms with E-state index in [-0.39, 0.29) is 11.9 Å². The van der Waals surface area contributed by atoms with Gasteiger partial charge in [0.25, 0.3) is 5.91 Å².